The molecule has 148 valence electrons. The number of hydrogen-bond acceptors (Lipinski definition) is 4. The van der Waals surface area contributed by atoms with Gasteiger partial charge in [-0.1, -0.05) is 59.8 Å². The number of amides is 1. The average molecular weight is 390 g/mol. The largest absolute Gasteiger partial charge is 0.481 e. The van der Waals surface area contributed by atoms with Gasteiger partial charge in [0.1, 0.15) is 5.69 Å². The van der Waals surface area contributed by atoms with Gasteiger partial charge in [-0.15, -0.1) is 5.10 Å². The summed E-state index contributed by atoms with van der Waals surface area (Å²) in [5, 5.41) is 22.2. The molecule has 1 fully saturated rings. The fourth-order valence-corrected chi connectivity index (χ4v) is 3.62. The van der Waals surface area contributed by atoms with Crippen molar-refractivity contribution in [1.29, 1.82) is 0 Å². The molecule has 0 spiro atoms. The average Bonchev–Trinajstić information content (AvgIpc) is 3.31. The van der Waals surface area contributed by atoms with Gasteiger partial charge < -0.3 is 10.4 Å². The van der Waals surface area contributed by atoms with Crippen LogP contribution in [-0.2, 0) is 11.2 Å². The molecule has 0 radical (unpaired) electrons. The molecule has 7 heteroatoms. The molecule has 7 nitrogen and oxygen atoms in total. The van der Waals surface area contributed by atoms with Crippen LogP contribution in [-0.4, -0.2) is 38.4 Å². The molecule has 1 aromatic heterocycles. The predicted molar refractivity (Wildman–Crippen MR) is 107 cm³/mol. The summed E-state index contributed by atoms with van der Waals surface area (Å²) in [6.07, 6.45) is 3.60. The zero-order valence-corrected chi connectivity index (χ0v) is 15.8. The third kappa shape index (κ3) is 4.34. The fraction of sp³-hybridized carbons (Fsp3) is 0.273. The Morgan fingerprint density at radius 2 is 1.76 bits per heavy atom. The number of aromatic nitrogens is 3. The smallest absolute Gasteiger partial charge is 0.309 e. The number of rotatable bonds is 8. The molecule has 1 amide bonds. The molecule has 4 rings (SSSR count). The summed E-state index contributed by atoms with van der Waals surface area (Å²) < 4.78 is 0. The number of carbonyl (C=O) groups is 2. The van der Waals surface area contributed by atoms with E-state index in [-0.39, 0.29) is 17.6 Å². The highest BCUT2D eigenvalue weighted by molar-refractivity contribution is 5.92. The number of carboxylic acid groups (broad SMARTS) is 1. The molecule has 0 bridgehead atoms. The molecule has 3 aromatic rings. The van der Waals surface area contributed by atoms with Gasteiger partial charge in [-0.05, 0) is 42.4 Å². The zero-order chi connectivity index (χ0) is 20.3. The molecular weight excluding hydrogens is 368 g/mol. The lowest BCUT2D eigenvalue weighted by Crippen LogP contribution is -2.39. The number of aliphatic carboxylic acids is 1. The molecule has 29 heavy (non-hydrogen) atoms. The molecule has 1 atom stereocenters. The summed E-state index contributed by atoms with van der Waals surface area (Å²) in [4.78, 5) is 24.1. The van der Waals surface area contributed by atoms with Crippen molar-refractivity contribution in [2.24, 2.45) is 5.41 Å². The van der Waals surface area contributed by atoms with Crippen LogP contribution in [0.5, 0.6) is 0 Å². The Balaban J connectivity index is 1.50. The molecule has 2 aromatic carbocycles. The lowest BCUT2D eigenvalue weighted by molar-refractivity contribution is -0.143. The van der Waals surface area contributed by atoms with Crippen LogP contribution >= 0.6 is 0 Å². The predicted octanol–water partition coefficient (Wildman–Crippen LogP) is 3.07. The Hall–Kier alpha value is -3.48. The van der Waals surface area contributed by atoms with Crippen LogP contribution < -0.4 is 5.32 Å². The van der Waals surface area contributed by atoms with E-state index in [0.29, 0.717) is 25.7 Å². The van der Waals surface area contributed by atoms with Crippen LogP contribution in [0.15, 0.2) is 60.8 Å². The van der Waals surface area contributed by atoms with Gasteiger partial charge in [0.15, 0.2) is 0 Å². The molecule has 0 unspecified atom stereocenters. The van der Waals surface area contributed by atoms with Gasteiger partial charge in [-0.25, -0.2) is 0 Å². The number of nitrogens with one attached hydrogen (secondary N) is 2. The maximum atomic E-state index is 12.5. The van der Waals surface area contributed by atoms with E-state index in [2.05, 4.69) is 32.9 Å². The second-order valence-corrected chi connectivity index (χ2v) is 7.60. The van der Waals surface area contributed by atoms with Gasteiger partial charge in [0.05, 0.1) is 11.6 Å². The molecule has 1 heterocycles. The third-order valence-corrected chi connectivity index (χ3v) is 5.48. The van der Waals surface area contributed by atoms with E-state index in [1.165, 1.54) is 6.20 Å². The fourth-order valence-electron chi connectivity index (χ4n) is 3.62. The summed E-state index contributed by atoms with van der Waals surface area (Å²) in [6.45, 7) is 0. The van der Waals surface area contributed by atoms with Crippen molar-refractivity contribution in [3.05, 3.63) is 72.1 Å². The normalized spacial score (nSPS) is 15.4. The minimum absolute atomic E-state index is 0.259. The van der Waals surface area contributed by atoms with Crippen molar-refractivity contribution in [3.8, 4) is 11.1 Å². The highest BCUT2D eigenvalue weighted by Gasteiger charge is 2.51. The minimum atomic E-state index is -0.792. The minimum Gasteiger partial charge on any atom is -0.481 e. The molecule has 3 N–H and O–H groups in total. The Morgan fingerprint density at radius 3 is 2.34 bits per heavy atom. The first kappa shape index (κ1) is 18.9. The van der Waals surface area contributed by atoms with E-state index in [4.69, 9.17) is 0 Å². The first-order valence-electron chi connectivity index (χ1n) is 9.60. The van der Waals surface area contributed by atoms with Crippen LogP contribution in [0.3, 0.4) is 0 Å². The summed E-state index contributed by atoms with van der Waals surface area (Å²) in [6, 6.07) is 17.9. The van der Waals surface area contributed by atoms with E-state index in [1.807, 2.05) is 42.5 Å². The highest BCUT2D eigenvalue weighted by atomic mass is 16.4. The maximum Gasteiger partial charge on any atom is 0.309 e. The molecule has 1 aliphatic rings. The van der Waals surface area contributed by atoms with Gasteiger partial charge in [0.25, 0.3) is 5.91 Å². The summed E-state index contributed by atoms with van der Waals surface area (Å²) >= 11 is 0. The molecule has 0 aliphatic heterocycles. The van der Waals surface area contributed by atoms with Crippen LogP contribution in [0.2, 0.25) is 0 Å². The molecular formula is C22H22N4O3. The van der Waals surface area contributed by atoms with Gasteiger partial charge in [-0.3, -0.25) is 14.7 Å². The number of aromatic amines is 1. The summed E-state index contributed by atoms with van der Waals surface area (Å²) in [7, 11) is 0. The number of carboxylic acids is 1. The number of nitrogens with zero attached hydrogens (tertiary/aromatic N) is 2. The quantitative estimate of drug-likeness (QED) is 0.548. The molecule has 0 saturated heterocycles. The van der Waals surface area contributed by atoms with Crippen molar-refractivity contribution in [2.75, 3.05) is 0 Å². The Morgan fingerprint density at radius 1 is 1.07 bits per heavy atom. The maximum absolute atomic E-state index is 12.5. The number of H-pyrrole nitrogens is 1. The van der Waals surface area contributed by atoms with Gasteiger partial charge in [0, 0.05) is 6.04 Å². The Kier molecular flexibility index (Phi) is 5.12. The van der Waals surface area contributed by atoms with Crippen molar-refractivity contribution in [1.82, 2.24) is 20.7 Å². The SMILES string of the molecule is O=C(N[C@@H](Cc1ccc(-c2ccccc2)cc1)CC1(C(=O)O)CC1)c1cnn[nH]1. The second kappa shape index (κ2) is 7.87. The van der Waals surface area contributed by atoms with Crippen LogP contribution in [0.4, 0.5) is 0 Å². The first-order chi connectivity index (χ1) is 14.1. The standard InChI is InChI=1S/C22H22N4O3/c27-20(19-14-23-26-25-19)24-18(13-22(10-11-22)21(28)29)12-15-6-8-17(9-7-15)16-4-2-1-3-5-16/h1-9,14,18H,10-13H2,(H,24,27)(H,28,29)(H,23,25,26)/t18-/m0/s1. The zero-order valence-electron chi connectivity index (χ0n) is 15.8. The van der Waals surface area contributed by atoms with Gasteiger partial charge in [0.2, 0.25) is 0 Å². The molecule has 1 aliphatic carbocycles. The number of hydrogen-bond donors (Lipinski definition) is 3. The van der Waals surface area contributed by atoms with E-state index >= 15 is 0 Å². The van der Waals surface area contributed by atoms with Crippen LogP contribution in [0, 0.1) is 5.41 Å². The first-order valence-corrected chi connectivity index (χ1v) is 9.60. The number of carbonyl (C=O) groups excluding carboxylic acids is 1. The molecule has 1 saturated carbocycles. The van der Waals surface area contributed by atoms with Crippen molar-refractivity contribution >= 4 is 11.9 Å². The highest BCUT2D eigenvalue weighted by Crippen LogP contribution is 2.50. The van der Waals surface area contributed by atoms with Gasteiger partial charge >= 0.3 is 5.97 Å². The third-order valence-electron chi connectivity index (χ3n) is 5.48. The monoisotopic (exact) mass is 390 g/mol. The van der Waals surface area contributed by atoms with E-state index in [1.54, 1.807) is 0 Å². The topological polar surface area (TPSA) is 108 Å². The van der Waals surface area contributed by atoms with Crippen LogP contribution in [0.25, 0.3) is 11.1 Å². The number of benzene rings is 2. The second-order valence-electron chi connectivity index (χ2n) is 7.60. The summed E-state index contributed by atoms with van der Waals surface area (Å²) in [5.74, 6) is -1.12. The Labute approximate surface area is 168 Å². The van der Waals surface area contributed by atoms with Crippen molar-refractivity contribution < 1.29 is 14.7 Å². The summed E-state index contributed by atoms with van der Waals surface area (Å²) in [5.41, 5.74) is 2.82. The van der Waals surface area contributed by atoms with E-state index in [9.17, 15) is 14.7 Å². The van der Waals surface area contributed by atoms with E-state index in [0.717, 1.165) is 16.7 Å². The van der Waals surface area contributed by atoms with E-state index < -0.39 is 11.4 Å². The van der Waals surface area contributed by atoms with Crippen molar-refractivity contribution in [3.63, 3.8) is 0 Å². The van der Waals surface area contributed by atoms with Crippen molar-refractivity contribution in [2.45, 2.75) is 31.7 Å². The van der Waals surface area contributed by atoms with Crippen LogP contribution in [0.1, 0.15) is 35.3 Å². The lowest BCUT2D eigenvalue weighted by atomic mass is 9.92. The Bertz CT molecular complexity index is 981. The van der Waals surface area contributed by atoms with Gasteiger partial charge in [-0.2, -0.15) is 0 Å². The lowest BCUT2D eigenvalue weighted by Gasteiger charge is -2.22.